The second-order valence-corrected chi connectivity index (χ2v) is 9.58. The molecule has 5 heteroatoms. The summed E-state index contributed by atoms with van der Waals surface area (Å²) in [5.74, 6) is -0.365. The van der Waals surface area contributed by atoms with E-state index in [1.807, 2.05) is 6.07 Å². The summed E-state index contributed by atoms with van der Waals surface area (Å²) in [4.78, 5) is 0. The first-order chi connectivity index (χ1) is 15.8. The lowest BCUT2D eigenvalue weighted by Gasteiger charge is -2.29. The number of hydrogen-bond acceptors (Lipinski definition) is 0. The Kier molecular flexibility index (Phi) is 9.34. The maximum atomic E-state index is 14.7. The van der Waals surface area contributed by atoms with Crippen molar-refractivity contribution in [3.63, 3.8) is 0 Å². The first-order valence-corrected chi connectivity index (χ1v) is 12.4. The Balaban J connectivity index is 1.49. The first-order valence-electron chi connectivity index (χ1n) is 12.4. The normalized spacial score (nSPS) is 19.1. The summed E-state index contributed by atoms with van der Waals surface area (Å²) in [5, 5.41) is 0. The molecular formula is C28H35F5. The van der Waals surface area contributed by atoms with Gasteiger partial charge in [0.25, 0.3) is 0 Å². The van der Waals surface area contributed by atoms with E-state index in [9.17, 15) is 22.0 Å². The molecular weight excluding hydrogens is 431 g/mol. The molecule has 2 aromatic rings. The zero-order chi connectivity index (χ0) is 23.8. The van der Waals surface area contributed by atoms with Gasteiger partial charge in [-0.2, -0.15) is 13.2 Å². The molecule has 182 valence electrons. The van der Waals surface area contributed by atoms with Crippen molar-refractivity contribution in [2.24, 2.45) is 5.92 Å². The van der Waals surface area contributed by atoms with Crippen molar-refractivity contribution in [1.29, 1.82) is 0 Å². The molecule has 0 nitrogen and oxygen atoms in total. The Hall–Kier alpha value is -1.91. The second-order valence-electron chi connectivity index (χ2n) is 9.58. The zero-order valence-electron chi connectivity index (χ0n) is 19.5. The first kappa shape index (κ1) is 25.7. The van der Waals surface area contributed by atoms with Gasteiger partial charge in [-0.25, -0.2) is 8.78 Å². The standard InChI is InChI=1S/C28H35F5/c1-2-3-4-5-6-7-20-8-12-22(13-9-20)24-16-15-23(26(29)19-24)14-10-21-11-17-25(27(30)18-21)28(31,32)33/h11,15-20,22H,2-10,12-14H2,1H3. The van der Waals surface area contributed by atoms with E-state index in [1.54, 1.807) is 12.1 Å². The van der Waals surface area contributed by atoms with Gasteiger partial charge < -0.3 is 0 Å². The molecule has 2 aromatic carbocycles. The number of rotatable bonds is 10. The summed E-state index contributed by atoms with van der Waals surface area (Å²) in [6, 6.07) is 8.31. The van der Waals surface area contributed by atoms with Gasteiger partial charge in [-0.1, -0.05) is 63.6 Å². The van der Waals surface area contributed by atoms with E-state index in [2.05, 4.69) is 6.92 Å². The van der Waals surface area contributed by atoms with Crippen LogP contribution in [0.15, 0.2) is 36.4 Å². The lowest BCUT2D eigenvalue weighted by molar-refractivity contribution is -0.140. The molecule has 0 amide bonds. The van der Waals surface area contributed by atoms with E-state index in [1.165, 1.54) is 57.4 Å². The van der Waals surface area contributed by atoms with E-state index in [4.69, 9.17) is 0 Å². The fourth-order valence-electron chi connectivity index (χ4n) is 5.06. The van der Waals surface area contributed by atoms with Gasteiger partial charge in [0.15, 0.2) is 0 Å². The molecule has 33 heavy (non-hydrogen) atoms. The van der Waals surface area contributed by atoms with Crippen LogP contribution >= 0.6 is 0 Å². The zero-order valence-corrected chi connectivity index (χ0v) is 19.5. The average Bonchev–Trinajstić information content (AvgIpc) is 2.78. The molecule has 0 spiro atoms. The molecule has 0 radical (unpaired) electrons. The minimum atomic E-state index is -4.71. The Bertz CT molecular complexity index is 878. The Morgan fingerprint density at radius 2 is 1.52 bits per heavy atom. The summed E-state index contributed by atoms with van der Waals surface area (Å²) >= 11 is 0. The average molecular weight is 467 g/mol. The monoisotopic (exact) mass is 466 g/mol. The quantitative estimate of drug-likeness (QED) is 0.242. The summed E-state index contributed by atoms with van der Waals surface area (Å²) in [6.45, 7) is 2.23. The summed E-state index contributed by atoms with van der Waals surface area (Å²) in [6.07, 6.45) is 8.42. The third kappa shape index (κ3) is 7.55. The van der Waals surface area contributed by atoms with Crippen molar-refractivity contribution in [3.8, 4) is 0 Å². The molecule has 0 aromatic heterocycles. The number of aryl methyl sites for hydroxylation is 2. The van der Waals surface area contributed by atoms with Crippen LogP contribution in [0.1, 0.15) is 99.3 Å². The van der Waals surface area contributed by atoms with Gasteiger partial charge in [-0.3, -0.25) is 0 Å². The molecule has 0 N–H and O–H groups in total. The van der Waals surface area contributed by atoms with E-state index < -0.39 is 17.6 Å². The van der Waals surface area contributed by atoms with Gasteiger partial charge >= 0.3 is 6.18 Å². The van der Waals surface area contributed by atoms with Gasteiger partial charge in [0.1, 0.15) is 11.6 Å². The molecule has 0 bridgehead atoms. The number of unbranched alkanes of at least 4 members (excludes halogenated alkanes) is 4. The van der Waals surface area contributed by atoms with Crippen molar-refractivity contribution in [2.45, 2.75) is 96.1 Å². The van der Waals surface area contributed by atoms with E-state index in [0.29, 0.717) is 23.5 Å². The number of benzene rings is 2. The molecule has 1 aliphatic rings. The predicted molar refractivity (Wildman–Crippen MR) is 123 cm³/mol. The summed E-state index contributed by atoms with van der Waals surface area (Å²) in [7, 11) is 0. The molecule has 3 rings (SSSR count). The van der Waals surface area contributed by atoms with Crippen LogP contribution in [0.2, 0.25) is 0 Å². The molecule has 0 saturated heterocycles. The van der Waals surface area contributed by atoms with Crippen molar-refractivity contribution >= 4 is 0 Å². The Morgan fingerprint density at radius 1 is 0.788 bits per heavy atom. The Labute approximate surface area is 194 Å². The molecule has 0 atom stereocenters. The maximum absolute atomic E-state index is 14.7. The van der Waals surface area contributed by atoms with Crippen molar-refractivity contribution in [3.05, 3.63) is 70.3 Å². The summed E-state index contributed by atoms with van der Waals surface area (Å²) in [5.41, 5.74) is 0.711. The van der Waals surface area contributed by atoms with E-state index in [-0.39, 0.29) is 12.2 Å². The van der Waals surface area contributed by atoms with Crippen LogP contribution in [-0.2, 0) is 19.0 Å². The van der Waals surface area contributed by atoms with Crippen molar-refractivity contribution < 1.29 is 22.0 Å². The number of halogens is 5. The van der Waals surface area contributed by atoms with Crippen LogP contribution in [0.3, 0.4) is 0 Å². The predicted octanol–water partition coefficient (Wildman–Crippen LogP) is 9.40. The third-order valence-corrected chi connectivity index (χ3v) is 7.13. The van der Waals surface area contributed by atoms with Crippen LogP contribution in [0.25, 0.3) is 0 Å². The molecule has 1 fully saturated rings. The fraction of sp³-hybridized carbons (Fsp3) is 0.571. The van der Waals surface area contributed by atoms with Crippen molar-refractivity contribution in [2.75, 3.05) is 0 Å². The van der Waals surface area contributed by atoms with Crippen LogP contribution in [0.5, 0.6) is 0 Å². The van der Waals surface area contributed by atoms with Gasteiger partial charge in [0.2, 0.25) is 0 Å². The highest BCUT2D eigenvalue weighted by atomic mass is 19.4. The topological polar surface area (TPSA) is 0 Å². The highest BCUT2D eigenvalue weighted by Gasteiger charge is 2.33. The molecule has 1 saturated carbocycles. The van der Waals surface area contributed by atoms with Crippen LogP contribution in [-0.4, -0.2) is 0 Å². The highest BCUT2D eigenvalue weighted by molar-refractivity contribution is 5.30. The van der Waals surface area contributed by atoms with Crippen LogP contribution < -0.4 is 0 Å². The van der Waals surface area contributed by atoms with E-state index in [0.717, 1.165) is 36.5 Å². The fourth-order valence-corrected chi connectivity index (χ4v) is 5.06. The lowest BCUT2D eigenvalue weighted by atomic mass is 9.77. The lowest BCUT2D eigenvalue weighted by Crippen LogP contribution is -2.13. The van der Waals surface area contributed by atoms with Gasteiger partial charge in [0.05, 0.1) is 5.56 Å². The summed E-state index contributed by atoms with van der Waals surface area (Å²) < 4.78 is 66.6. The van der Waals surface area contributed by atoms with Gasteiger partial charge in [-0.15, -0.1) is 0 Å². The largest absolute Gasteiger partial charge is 0.419 e. The molecule has 1 aliphatic carbocycles. The Morgan fingerprint density at radius 3 is 2.15 bits per heavy atom. The van der Waals surface area contributed by atoms with Crippen molar-refractivity contribution in [1.82, 2.24) is 0 Å². The molecule has 0 heterocycles. The maximum Gasteiger partial charge on any atom is 0.419 e. The highest BCUT2D eigenvalue weighted by Crippen LogP contribution is 2.38. The minimum Gasteiger partial charge on any atom is -0.207 e. The SMILES string of the molecule is CCCCCCCC1CCC(c2ccc(CCc3ccc(C(F)(F)F)c(F)c3)c(F)c2)CC1. The minimum absolute atomic E-state index is 0.280. The van der Waals surface area contributed by atoms with E-state index >= 15 is 0 Å². The number of hydrogen-bond donors (Lipinski definition) is 0. The number of alkyl halides is 3. The third-order valence-electron chi connectivity index (χ3n) is 7.13. The smallest absolute Gasteiger partial charge is 0.207 e. The van der Waals surface area contributed by atoms with Crippen LogP contribution in [0.4, 0.5) is 22.0 Å². The van der Waals surface area contributed by atoms with Gasteiger partial charge in [0, 0.05) is 0 Å². The van der Waals surface area contributed by atoms with Crippen LogP contribution in [0, 0.1) is 17.6 Å². The second kappa shape index (κ2) is 12.0. The molecule has 0 aliphatic heterocycles. The van der Waals surface area contributed by atoms with Gasteiger partial charge in [-0.05, 0) is 85.3 Å². The molecule has 0 unspecified atom stereocenters.